The van der Waals surface area contributed by atoms with Gasteiger partial charge < -0.3 is 9.84 Å². The maximum atomic E-state index is 10.8. The van der Waals surface area contributed by atoms with E-state index in [9.17, 15) is 4.79 Å². The van der Waals surface area contributed by atoms with E-state index in [0.717, 1.165) is 25.7 Å². The van der Waals surface area contributed by atoms with Crippen molar-refractivity contribution < 1.29 is 14.6 Å². The second-order valence-corrected chi connectivity index (χ2v) is 4.09. The smallest absolute Gasteiger partial charge is 0.305 e. The largest absolute Gasteiger partial charge is 0.469 e. The third-order valence-corrected chi connectivity index (χ3v) is 2.48. The van der Waals surface area contributed by atoms with Crippen LogP contribution in [0.4, 0.5) is 0 Å². The van der Waals surface area contributed by atoms with Crippen molar-refractivity contribution in [3.05, 3.63) is 0 Å². The normalized spacial score (nSPS) is 12.5. The second-order valence-electron chi connectivity index (χ2n) is 4.09. The zero-order chi connectivity index (χ0) is 11.5. The Morgan fingerprint density at radius 3 is 2.20 bits per heavy atom. The minimum absolute atomic E-state index is 0.107. The first-order valence-corrected chi connectivity index (χ1v) is 5.91. The van der Waals surface area contributed by atoms with Crippen LogP contribution in [0, 0.1) is 0 Å². The Bertz CT molecular complexity index is 155. The molecule has 0 aliphatic heterocycles. The van der Waals surface area contributed by atoms with Gasteiger partial charge in [0.05, 0.1) is 13.2 Å². The van der Waals surface area contributed by atoms with Gasteiger partial charge in [-0.3, -0.25) is 4.79 Å². The molecule has 0 aromatic carbocycles. The van der Waals surface area contributed by atoms with Gasteiger partial charge in [0.2, 0.25) is 0 Å². The Morgan fingerprint density at radius 1 is 1.13 bits per heavy atom. The van der Waals surface area contributed by atoms with E-state index in [4.69, 9.17) is 5.11 Å². The van der Waals surface area contributed by atoms with Crippen LogP contribution in [0.25, 0.3) is 0 Å². The van der Waals surface area contributed by atoms with Gasteiger partial charge >= 0.3 is 5.97 Å². The van der Waals surface area contributed by atoms with Crippen molar-refractivity contribution in [1.29, 1.82) is 0 Å². The van der Waals surface area contributed by atoms with E-state index in [1.165, 1.54) is 26.4 Å². The lowest BCUT2D eigenvalue weighted by Gasteiger charge is -2.03. The van der Waals surface area contributed by atoms with E-state index in [2.05, 4.69) is 4.74 Å². The molecule has 0 aliphatic carbocycles. The molecular weight excluding hydrogens is 192 g/mol. The van der Waals surface area contributed by atoms with Crippen LogP contribution < -0.4 is 0 Å². The zero-order valence-electron chi connectivity index (χ0n) is 10.00. The number of unbranched alkanes of at least 4 members (excludes halogenated alkanes) is 5. The van der Waals surface area contributed by atoms with Gasteiger partial charge in [-0.15, -0.1) is 0 Å². The average Bonchev–Trinajstić information content (AvgIpc) is 2.21. The molecule has 0 fully saturated rings. The van der Waals surface area contributed by atoms with E-state index in [-0.39, 0.29) is 12.1 Å². The third-order valence-electron chi connectivity index (χ3n) is 2.48. The topological polar surface area (TPSA) is 46.5 Å². The number of methoxy groups -OCH3 is 1. The van der Waals surface area contributed by atoms with Crippen LogP contribution in [0.15, 0.2) is 0 Å². The van der Waals surface area contributed by atoms with Crippen molar-refractivity contribution in [2.24, 2.45) is 0 Å². The van der Waals surface area contributed by atoms with Crippen LogP contribution in [-0.4, -0.2) is 24.3 Å². The SMILES string of the molecule is COC(=O)CCCCCCCCC(C)O. The summed E-state index contributed by atoms with van der Waals surface area (Å²) >= 11 is 0. The molecule has 0 radical (unpaired) electrons. The quantitative estimate of drug-likeness (QED) is 0.476. The molecule has 1 unspecified atom stereocenters. The highest BCUT2D eigenvalue weighted by Crippen LogP contribution is 2.09. The summed E-state index contributed by atoms with van der Waals surface area (Å²) in [5, 5.41) is 9.03. The molecule has 0 bridgehead atoms. The summed E-state index contributed by atoms with van der Waals surface area (Å²) in [5.41, 5.74) is 0. The summed E-state index contributed by atoms with van der Waals surface area (Å²) < 4.78 is 4.55. The molecule has 0 saturated heterocycles. The summed E-state index contributed by atoms with van der Waals surface area (Å²) in [5.74, 6) is -0.107. The number of aliphatic hydroxyl groups excluding tert-OH is 1. The Morgan fingerprint density at radius 2 is 1.67 bits per heavy atom. The Balaban J connectivity index is 3.02. The lowest BCUT2D eigenvalue weighted by Crippen LogP contribution is -1.99. The van der Waals surface area contributed by atoms with Gasteiger partial charge in [-0.25, -0.2) is 0 Å². The number of esters is 1. The standard InChI is InChI=1S/C12H24O3/c1-11(13)9-7-5-3-4-6-8-10-12(14)15-2/h11,13H,3-10H2,1-2H3. The fourth-order valence-electron chi connectivity index (χ4n) is 1.52. The molecule has 3 nitrogen and oxygen atoms in total. The molecule has 15 heavy (non-hydrogen) atoms. The molecule has 0 aromatic heterocycles. The van der Waals surface area contributed by atoms with Crippen molar-refractivity contribution in [3.8, 4) is 0 Å². The molecule has 0 spiro atoms. The van der Waals surface area contributed by atoms with Gasteiger partial charge in [-0.1, -0.05) is 32.1 Å². The molecule has 0 saturated carbocycles. The van der Waals surface area contributed by atoms with Crippen LogP contribution in [0.3, 0.4) is 0 Å². The maximum absolute atomic E-state index is 10.8. The minimum Gasteiger partial charge on any atom is -0.469 e. The highest BCUT2D eigenvalue weighted by atomic mass is 16.5. The van der Waals surface area contributed by atoms with Crippen molar-refractivity contribution in [2.75, 3.05) is 7.11 Å². The van der Waals surface area contributed by atoms with Crippen LogP contribution in [0.1, 0.15) is 58.3 Å². The zero-order valence-corrected chi connectivity index (χ0v) is 10.00. The van der Waals surface area contributed by atoms with Gasteiger partial charge in [-0.2, -0.15) is 0 Å². The predicted octanol–water partition coefficient (Wildman–Crippen LogP) is 2.66. The van der Waals surface area contributed by atoms with E-state index < -0.39 is 0 Å². The van der Waals surface area contributed by atoms with Crippen LogP contribution in [0.5, 0.6) is 0 Å². The lowest BCUT2D eigenvalue weighted by atomic mass is 10.1. The molecule has 0 aliphatic rings. The number of aliphatic hydroxyl groups is 1. The lowest BCUT2D eigenvalue weighted by molar-refractivity contribution is -0.140. The first-order chi connectivity index (χ1) is 7.16. The number of hydrogen-bond acceptors (Lipinski definition) is 3. The summed E-state index contributed by atoms with van der Waals surface area (Å²) in [6.07, 6.45) is 7.99. The monoisotopic (exact) mass is 216 g/mol. The average molecular weight is 216 g/mol. The van der Waals surface area contributed by atoms with Gasteiger partial charge in [0.15, 0.2) is 0 Å². The molecule has 90 valence electrons. The fourth-order valence-corrected chi connectivity index (χ4v) is 1.52. The number of carbonyl (C=O) groups is 1. The molecule has 3 heteroatoms. The summed E-state index contributed by atoms with van der Waals surface area (Å²) in [7, 11) is 1.43. The molecule has 1 atom stereocenters. The highest BCUT2D eigenvalue weighted by molar-refractivity contribution is 5.68. The predicted molar refractivity (Wildman–Crippen MR) is 60.6 cm³/mol. The number of rotatable bonds is 9. The maximum Gasteiger partial charge on any atom is 0.305 e. The van der Waals surface area contributed by atoms with Crippen LogP contribution >= 0.6 is 0 Å². The first-order valence-electron chi connectivity index (χ1n) is 5.91. The van der Waals surface area contributed by atoms with Gasteiger partial charge in [0, 0.05) is 6.42 Å². The molecular formula is C12H24O3. The number of carbonyl (C=O) groups excluding carboxylic acids is 1. The Kier molecular flexibility index (Phi) is 9.59. The third kappa shape index (κ3) is 11.4. The van der Waals surface area contributed by atoms with E-state index in [0.29, 0.717) is 6.42 Å². The molecule has 0 aromatic rings. The Hall–Kier alpha value is -0.570. The number of ether oxygens (including phenoxy) is 1. The summed E-state index contributed by atoms with van der Waals surface area (Å²) in [6, 6.07) is 0. The van der Waals surface area contributed by atoms with E-state index >= 15 is 0 Å². The van der Waals surface area contributed by atoms with Crippen molar-refractivity contribution in [3.63, 3.8) is 0 Å². The van der Waals surface area contributed by atoms with Crippen LogP contribution in [0.2, 0.25) is 0 Å². The van der Waals surface area contributed by atoms with E-state index in [1.54, 1.807) is 0 Å². The van der Waals surface area contributed by atoms with Crippen molar-refractivity contribution >= 4 is 5.97 Å². The minimum atomic E-state index is -0.163. The highest BCUT2D eigenvalue weighted by Gasteiger charge is 1.99. The first kappa shape index (κ1) is 14.4. The molecule has 1 N–H and O–H groups in total. The van der Waals surface area contributed by atoms with Crippen molar-refractivity contribution in [2.45, 2.75) is 64.4 Å². The van der Waals surface area contributed by atoms with E-state index in [1.807, 2.05) is 6.92 Å². The van der Waals surface area contributed by atoms with Crippen LogP contribution in [-0.2, 0) is 9.53 Å². The molecule has 0 amide bonds. The second kappa shape index (κ2) is 9.97. The Labute approximate surface area is 92.8 Å². The van der Waals surface area contributed by atoms with Gasteiger partial charge in [0.25, 0.3) is 0 Å². The molecule has 0 rings (SSSR count). The fraction of sp³-hybridized carbons (Fsp3) is 0.917. The van der Waals surface area contributed by atoms with Gasteiger partial charge in [-0.05, 0) is 19.8 Å². The summed E-state index contributed by atoms with van der Waals surface area (Å²) in [4.78, 5) is 10.8. The van der Waals surface area contributed by atoms with Crippen molar-refractivity contribution in [1.82, 2.24) is 0 Å². The van der Waals surface area contributed by atoms with Gasteiger partial charge in [0.1, 0.15) is 0 Å². The molecule has 0 heterocycles. The number of hydrogen-bond donors (Lipinski definition) is 1. The summed E-state index contributed by atoms with van der Waals surface area (Å²) in [6.45, 7) is 1.83.